The lowest BCUT2D eigenvalue weighted by atomic mass is 9.87. The molecule has 5 nitrogen and oxygen atoms in total. The highest BCUT2D eigenvalue weighted by Gasteiger charge is 2.32. The molecule has 1 heterocycles. The van der Waals surface area contributed by atoms with E-state index < -0.39 is 5.92 Å². The van der Waals surface area contributed by atoms with Gasteiger partial charge in [-0.3, -0.25) is 14.6 Å². The fourth-order valence-electron chi connectivity index (χ4n) is 3.34. The summed E-state index contributed by atoms with van der Waals surface area (Å²) < 4.78 is 5.19. The minimum atomic E-state index is -0.496. The summed E-state index contributed by atoms with van der Waals surface area (Å²) in [5.41, 5.74) is 2.02. The second-order valence-corrected chi connectivity index (χ2v) is 6.66. The maximum atomic E-state index is 13.1. The number of benzene rings is 1. The minimum absolute atomic E-state index is 0.0673. The van der Waals surface area contributed by atoms with Crippen molar-refractivity contribution in [3.8, 4) is 5.75 Å². The Bertz CT molecular complexity index is 744. The first-order chi connectivity index (χ1) is 12.7. The maximum absolute atomic E-state index is 13.1. The minimum Gasteiger partial charge on any atom is -0.497 e. The monoisotopic (exact) mass is 352 g/mol. The molecule has 0 N–H and O–H groups in total. The van der Waals surface area contributed by atoms with Crippen molar-refractivity contribution in [1.82, 2.24) is 9.88 Å². The van der Waals surface area contributed by atoms with E-state index in [1.54, 1.807) is 24.4 Å². The molecular formula is C21H24N2O3. The molecule has 2 aromatic rings. The normalized spacial score (nSPS) is 17.0. The third kappa shape index (κ3) is 4.48. The molecular weight excluding hydrogens is 328 g/mol. The number of Topliss-reactive ketones (excluding diaryl/α,β-unsaturated/α-hetero) is 1. The summed E-state index contributed by atoms with van der Waals surface area (Å²) >= 11 is 0. The second kappa shape index (κ2) is 8.61. The van der Waals surface area contributed by atoms with E-state index in [1.807, 2.05) is 36.4 Å². The molecule has 26 heavy (non-hydrogen) atoms. The van der Waals surface area contributed by atoms with Gasteiger partial charge in [-0.05, 0) is 48.2 Å². The predicted octanol–water partition coefficient (Wildman–Crippen LogP) is 3.38. The smallest absolute Gasteiger partial charge is 0.233 e. The zero-order chi connectivity index (χ0) is 18.4. The quantitative estimate of drug-likeness (QED) is 0.748. The highest BCUT2D eigenvalue weighted by atomic mass is 16.5. The number of ether oxygens (including phenoxy) is 1. The number of carbonyl (C=O) groups excluding carboxylic acids is 2. The van der Waals surface area contributed by atoms with Gasteiger partial charge in [0.15, 0.2) is 0 Å². The number of carbonyl (C=O) groups is 2. The molecule has 0 aliphatic heterocycles. The SMILES string of the molecule is COc1ccc(CN(Cc2ccncc2)C(=O)C2CCCCC2=O)cc1. The highest BCUT2D eigenvalue weighted by Crippen LogP contribution is 2.24. The lowest BCUT2D eigenvalue weighted by Crippen LogP contribution is -2.40. The van der Waals surface area contributed by atoms with Gasteiger partial charge in [0.1, 0.15) is 11.5 Å². The van der Waals surface area contributed by atoms with Gasteiger partial charge in [-0.25, -0.2) is 0 Å². The number of hydrogen-bond donors (Lipinski definition) is 0. The summed E-state index contributed by atoms with van der Waals surface area (Å²) in [6, 6.07) is 11.5. The van der Waals surface area contributed by atoms with E-state index in [4.69, 9.17) is 4.74 Å². The van der Waals surface area contributed by atoms with Crippen molar-refractivity contribution in [3.63, 3.8) is 0 Å². The molecule has 1 atom stereocenters. The molecule has 1 aliphatic carbocycles. The number of ketones is 1. The first-order valence-corrected chi connectivity index (χ1v) is 9.00. The number of rotatable bonds is 6. The Morgan fingerprint density at radius 2 is 1.73 bits per heavy atom. The van der Waals surface area contributed by atoms with Crippen LogP contribution in [0, 0.1) is 5.92 Å². The van der Waals surface area contributed by atoms with Crippen LogP contribution in [0.2, 0.25) is 0 Å². The number of nitrogens with zero attached hydrogens (tertiary/aromatic N) is 2. The molecule has 0 spiro atoms. The fraction of sp³-hybridized carbons (Fsp3) is 0.381. The molecule has 1 fully saturated rings. The van der Waals surface area contributed by atoms with Crippen molar-refractivity contribution < 1.29 is 14.3 Å². The lowest BCUT2D eigenvalue weighted by molar-refractivity contribution is -0.143. The highest BCUT2D eigenvalue weighted by molar-refractivity contribution is 6.01. The standard InChI is InChI=1S/C21H24N2O3/c1-26-18-8-6-16(7-9-18)14-23(15-17-10-12-22-13-11-17)21(25)19-4-2-3-5-20(19)24/h6-13,19H,2-5,14-15H2,1H3. The van der Waals surface area contributed by atoms with Gasteiger partial charge in [0.05, 0.1) is 13.0 Å². The van der Waals surface area contributed by atoms with Crippen molar-refractivity contribution in [1.29, 1.82) is 0 Å². The molecule has 1 aliphatic rings. The first-order valence-electron chi connectivity index (χ1n) is 9.00. The van der Waals surface area contributed by atoms with Gasteiger partial charge < -0.3 is 9.64 Å². The van der Waals surface area contributed by atoms with Crippen molar-refractivity contribution in [2.24, 2.45) is 5.92 Å². The van der Waals surface area contributed by atoms with E-state index in [1.165, 1.54) is 0 Å². The summed E-state index contributed by atoms with van der Waals surface area (Å²) in [6.07, 6.45) is 6.45. The topological polar surface area (TPSA) is 59.5 Å². The molecule has 1 saturated carbocycles. The van der Waals surface area contributed by atoms with E-state index >= 15 is 0 Å². The average molecular weight is 352 g/mol. The van der Waals surface area contributed by atoms with Crippen LogP contribution in [0.3, 0.4) is 0 Å². The Labute approximate surface area is 154 Å². The Balaban J connectivity index is 1.80. The van der Waals surface area contributed by atoms with Gasteiger partial charge in [0, 0.05) is 31.9 Å². The number of hydrogen-bond acceptors (Lipinski definition) is 4. The van der Waals surface area contributed by atoms with Gasteiger partial charge in [-0.1, -0.05) is 18.6 Å². The van der Waals surface area contributed by atoms with Crippen LogP contribution in [-0.4, -0.2) is 28.7 Å². The number of methoxy groups -OCH3 is 1. The molecule has 136 valence electrons. The summed E-state index contributed by atoms with van der Waals surface area (Å²) in [4.78, 5) is 31.2. The largest absolute Gasteiger partial charge is 0.497 e. The van der Waals surface area contributed by atoms with Gasteiger partial charge in [-0.2, -0.15) is 0 Å². The van der Waals surface area contributed by atoms with Crippen LogP contribution in [0.4, 0.5) is 0 Å². The van der Waals surface area contributed by atoms with Crippen LogP contribution in [0.25, 0.3) is 0 Å². The number of amides is 1. The maximum Gasteiger partial charge on any atom is 0.233 e. The van der Waals surface area contributed by atoms with Crippen LogP contribution >= 0.6 is 0 Å². The van der Waals surface area contributed by atoms with E-state index in [2.05, 4.69) is 4.98 Å². The average Bonchev–Trinajstić information content (AvgIpc) is 2.69. The third-order valence-electron chi connectivity index (χ3n) is 4.82. The number of pyridine rings is 1. The molecule has 3 rings (SSSR count). The Morgan fingerprint density at radius 3 is 2.35 bits per heavy atom. The molecule has 0 bridgehead atoms. The predicted molar refractivity (Wildman–Crippen MR) is 98.5 cm³/mol. The second-order valence-electron chi connectivity index (χ2n) is 6.66. The lowest BCUT2D eigenvalue weighted by Gasteiger charge is -2.29. The summed E-state index contributed by atoms with van der Waals surface area (Å²) in [7, 11) is 1.63. The van der Waals surface area contributed by atoms with Crippen molar-refractivity contribution in [2.75, 3.05) is 7.11 Å². The van der Waals surface area contributed by atoms with E-state index in [9.17, 15) is 9.59 Å². The van der Waals surface area contributed by atoms with Crippen LogP contribution in [0.15, 0.2) is 48.8 Å². The summed E-state index contributed by atoms with van der Waals surface area (Å²) in [5.74, 6) is 0.296. The molecule has 1 aromatic carbocycles. The fourth-order valence-corrected chi connectivity index (χ4v) is 3.34. The first kappa shape index (κ1) is 18.1. The van der Waals surface area contributed by atoms with E-state index in [-0.39, 0.29) is 11.7 Å². The van der Waals surface area contributed by atoms with Gasteiger partial charge in [0.25, 0.3) is 0 Å². The van der Waals surface area contributed by atoms with Crippen LogP contribution in [0.1, 0.15) is 36.8 Å². The Morgan fingerprint density at radius 1 is 1.08 bits per heavy atom. The van der Waals surface area contributed by atoms with Gasteiger partial charge in [-0.15, -0.1) is 0 Å². The van der Waals surface area contributed by atoms with Crippen LogP contribution in [0.5, 0.6) is 5.75 Å². The number of aromatic nitrogens is 1. The van der Waals surface area contributed by atoms with Crippen molar-refractivity contribution in [3.05, 3.63) is 59.9 Å². The van der Waals surface area contributed by atoms with E-state index in [0.29, 0.717) is 25.9 Å². The van der Waals surface area contributed by atoms with Crippen LogP contribution in [-0.2, 0) is 22.7 Å². The van der Waals surface area contributed by atoms with Gasteiger partial charge >= 0.3 is 0 Å². The van der Waals surface area contributed by atoms with Gasteiger partial charge in [0.2, 0.25) is 5.91 Å². The molecule has 0 saturated heterocycles. The van der Waals surface area contributed by atoms with E-state index in [0.717, 1.165) is 29.7 Å². The van der Waals surface area contributed by atoms with Crippen molar-refractivity contribution >= 4 is 11.7 Å². The third-order valence-corrected chi connectivity index (χ3v) is 4.82. The summed E-state index contributed by atoms with van der Waals surface area (Å²) in [6.45, 7) is 0.937. The Hall–Kier alpha value is -2.69. The summed E-state index contributed by atoms with van der Waals surface area (Å²) in [5, 5.41) is 0. The van der Waals surface area contributed by atoms with Crippen molar-refractivity contribution in [2.45, 2.75) is 38.8 Å². The molecule has 1 aromatic heterocycles. The molecule has 0 radical (unpaired) electrons. The molecule has 1 amide bonds. The molecule has 1 unspecified atom stereocenters. The zero-order valence-electron chi connectivity index (χ0n) is 15.1. The zero-order valence-corrected chi connectivity index (χ0v) is 15.1. The van der Waals surface area contributed by atoms with Crippen LogP contribution < -0.4 is 4.74 Å². The Kier molecular flexibility index (Phi) is 6.00. The molecule has 5 heteroatoms.